The van der Waals surface area contributed by atoms with Gasteiger partial charge in [-0.25, -0.2) is 8.78 Å². The minimum Gasteiger partial charge on any atom is -0.396 e. The summed E-state index contributed by atoms with van der Waals surface area (Å²) in [6.45, 7) is 2.54. The molecular weight excluding hydrogens is 200 g/mol. The minimum atomic E-state index is -2.42. The number of oxime groups is 1. The lowest BCUT2D eigenvalue weighted by Crippen LogP contribution is -1.88. The molecule has 4 heteroatoms. The second-order valence-electron chi connectivity index (χ2n) is 3.04. The number of benzene rings is 1. The van der Waals surface area contributed by atoms with Crippen molar-refractivity contribution < 1.29 is 13.6 Å². The molecule has 0 aliphatic carbocycles. The molecule has 1 rings (SSSR count). The first-order valence-corrected chi connectivity index (χ1v) is 4.77. The molecule has 82 valence electrons. The number of alkyl halides is 2. The predicted octanol–water partition coefficient (Wildman–Crippen LogP) is 3.38. The molecule has 1 aromatic carbocycles. The van der Waals surface area contributed by atoms with E-state index in [-0.39, 0.29) is 5.56 Å². The molecule has 0 aromatic heterocycles. The minimum absolute atomic E-state index is 0.0154. The second kappa shape index (κ2) is 6.11. The highest BCUT2D eigenvalue weighted by Gasteiger charge is 2.04. The van der Waals surface area contributed by atoms with Crippen molar-refractivity contribution in [3.05, 3.63) is 35.4 Å². The first-order chi connectivity index (χ1) is 7.24. The van der Waals surface area contributed by atoms with E-state index in [1.807, 2.05) is 6.92 Å². The molecule has 0 spiro atoms. The Bertz CT molecular complexity index is 309. The monoisotopic (exact) mass is 213 g/mol. The zero-order valence-electron chi connectivity index (χ0n) is 8.49. The smallest absolute Gasteiger partial charge is 0.263 e. The highest BCUT2D eigenvalue weighted by atomic mass is 19.3. The maximum atomic E-state index is 12.2. The summed E-state index contributed by atoms with van der Waals surface area (Å²) in [7, 11) is 0. The van der Waals surface area contributed by atoms with Crippen molar-refractivity contribution in [3.63, 3.8) is 0 Å². The Kier molecular flexibility index (Phi) is 4.74. The van der Waals surface area contributed by atoms with Gasteiger partial charge in [0.15, 0.2) is 0 Å². The van der Waals surface area contributed by atoms with Crippen LogP contribution in [0.2, 0.25) is 0 Å². The summed E-state index contributed by atoms with van der Waals surface area (Å²) in [4.78, 5) is 4.89. The average Bonchev–Trinajstić information content (AvgIpc) is 2.25. The zero-order chi connectivity index (χ0) is 11.1. The highest BCUT2D eigenvalue weighted by molar-refractivity contribution is 5.79. The molecule has 2 nitrogen and oxygen atoms in total. The molecule has 0 heterocycles. The SMILES string of the molecule is CCCON=Cc1ccc(C(F)F)cc1. The van der Waals surface area contributed by atoms with Crippen LogP contribution in [-0.2, 0) is 4.84 Å². The Morgan fingerprint density at radius 1 is 1.33 bits per heavy atom. The first-order valence-electron chi connectivity index (χ1n) is 4.77. The van der Waals surface area contributed by atoms with Gasteiger partial charge in [-0.15, -0.1) is 0 Å². The topological polar surface area (TPSA) is 21.6 Å². The van der Waals surface area contributed by atoms with Gasteiger partial charge in [0.1, 0.15) is 6.61 Å². The van der Waals surface area contributed by atoms with E-state index in [2.05, 4.69) is 5.16 Å². The third-order valence-electron chi connectivity index (χ3n) is 1.76. The molecular formula is C11H13F2NO. The lowest BCUT2D eigenvalue weighted by Gasteiger charge is -1.99. The van der Waals surface area contributed by atoms with Gasteiger partial charge in [0.05, 0.1) is 6.21 Å². The largest absolute Gasteiger partial charge is 0.396 e. The Labute approximate surface area is 87.6 Å². The molecule has 0 fully saturated rings. The maximum Gasteiger partial charge on any atom is 0.263 e. The van der Waals surface area contributed by atoms with Crippen molar-refractivity contribution in [1.29, 1.82) is 0 Å². The van der Waals surface area contributed by atoms with E-state index < -0.39 is 6.43 Å². The van der Waals surface area contributed by atoms with E-state index in [9.17, 15) is 8.78 Å². The van der Waals surface area contributed by atoms with E-state index in [1.54, 1.807) is 12.1 Å². The molecule has 15 heavy (non-hydrogen) atoms. The van der Waals surface area contributed by atoms with E-state index in [1.165, 1.54) is 18.3 Å². The molecule has 1 aromatic rings. The number of hydrogen-bond acceptors (Lipinski definition) is 2. The molecule has 0 radical (unpaired) electrons. The van der Waals surface area contributed by atoms with E-state index in [4.69, 9.17) is 4.84 Å². The third kappa shape index (κ3) is 4.06. The Hall–Kier alpha value is -1.45. The van der Waals surface area contributed by atoms with Crippen LogP contribution in [0.4, 0.5) is 8.78 Å². The number of halogens is 2. The van der Waals surface area contributed by atoms with Crippen LogP contribution in [0.1, 0.15) is 30.9 Å². The summed E-state index contributed by atoms with van der Waals surface area (Å²) in [6, 6.07) is 5.93. The Morgan fingerprint density at radius 2 is 2.00 bits per heavy atom. The fourth-order valence-electron chi connectivity index (χ4n) is 0.970. The third-order valence-corrected chi connectivity index (χ3v) is 1.76. The van der Waals surface area contributed by atoms with Crippen molar-refractivity contribution in [2.75, 3.05) is 6.61 Å². The molecule has 0 saturated carbocycles. The van der Waals surface area contributed by atoms with Crippen LogP contribution >= 0.6 is 0 Å². The summed E-state index contributed by atoms with van der Waals surface area (Å²) in [5.41, 5.74) is 0.761. The van der Waals surface area contributed by atoms with E-state index in [0.717, 1.165) is 12.0 Å². The van der Waals surface area contributed by atoms with Gasteiger partial charge < -0.3 is 4.84 Å². The number of nitrogens with zero attached hydrogens (tertiary/aromatic N) is 1. The summed E-state index contributed by atoms with van der Waals surface area (Å²) >= 11 is 0. The van der Waals surface area contributed by atoms with Crippen molar-refractivity contribution in [1.82, 2.24) is 0 Å². The highest BCUT2D eigenvalue weighted by Crippen LogP contribution is 2.18. The predicted molar refractivity (Wildman–Crippen MR) is 55.2 cm³/mol. The molecule has 0 atom stereocenters. The van der Waals surface area contributed by atoms with Crippen molar-refractivity contribution >= 4 is 6.21 Å². The molecule has 0 saturated heterocycles. The quantitative estimate of drug-likeness (QED) is 0.417. The normalized spacial score (nSPS) is 11.2. The van der Waals surface area contributed by atoms with Crippen molar-refractivity contribution in [2.24, 2.45) is 5.16 Å². The van der Waals surface area contributed by atoms with Crippen LogP contribution < -0.4 is 0 Å². The van der Waals surface area contributed by atoms with Gasteiger partial charge in [-0.05, 0) is 12.0 Å². The van der Waals surface area contributed by atoms with Crippen LogP contribution in [0, 0.1) is 0 Å². The fourth-order valence-corrected chi connectivity index (χ4v) is 0.970. The lowest BCUT2D eigenvalue weighted by atomic mass is 10.1. The number of rotatable bonds is 5. The molecule has 0 amide bonds. The van der Waals surface area contributed by atoms with E-state index in [0.29, 0.717) is 6.61 Å². The van der Waals surface area contributed by atoms with Gasteiger partial charge in [-0.1, -0.05) is 36.3 Å². The van der Waals surface area contributed by atoms with E-state index >= 15 is 0 Å². The second-order valence-corrected chi connectivity index (χ2v) is 3.04. The van der Waals surface area contributed by atoms with Crippen LogP contribution in [-0.4, -0.2) is 12.8 Å². The lowest BCUT2D eigenvalue weighted by molar-refractivity contribution is 0.146. The van der Waals surface area contributed by atoms with Crippen LogP contribution in [0.25, 0.3) is 0 Å². The van der Waals surface area contributed by atoms with Crippen LogP contribution in [0.15, 0.2) is 29.4 Å². The van der Waals surface area contributed by atoms with Crippen LogP contribution in [0.3, 0.4) is 0 Å². The fraction of sp³-hybridized carbons (Fsp3) is 0.364. The summed E-state index contributed by atoms with van der Waals surface area (Å²) in [6.07, 6.45) is -0.0284. The summed E-state index contributed by atoms with van der Waals surface area (Å²) in [5, 5.41) is 3.69. The Balaban J connectivity index is 2.53. The first kappa shape index (κ1) is 11.6. The molecule has 0 unspecified atom stereocenters. The van der Waals surface area contributed by atoms with Gasteiger partial charge in [0.25, 0.3) is 6.43 Å². The summed E-state index contributed by atoms with van der Waals surface area (Å²) < 4.78 is 24.4. The number of hydrogen-bond donors (Lipinski definition) is 0. The summed E-state index contributed by atoms with van der Waals surface area (Å²) in [5.74, 6) is 0. The Morgan fingerprint density at radius 3 is 2.53 bits per heavy atom. The molecule has 0 aliphatic heterocycles. The standard InChI is InChI=1S/C11H13F2NO/c1-2-7-15-14-8-9-3-5-10(6-4-9)11(12)13/h3-6,8,11H,2,7H2,1H3. The van der Waals surface area contributed by atoms with Crippen LogP contribution in [0.5, 0.6) is 0 Å². The van der Waals surface area contributed by atoms with Gasteiger partial charge >= 0.3 is 0 Å². The van der Waals surface area contributed by atoms with Crippen molar-refractivity contribution in [2.45, 2.75) is 19.8 Å². The molecule has 0 aliphatic rings. The van der Waals surface area contributed by atoms with Gasteiger partial charge in [-0.2, -0.15) is 0 Å². The van der Waals surface area contributed by atoms with Crippen molar-refractivity contribution in [3.8, 4) is 0 Å². The molecule has 0 bridgehead atoms. The maximum absolute atomic E-state index is 12.2. The molecule has 0 N–H and O–H groups in total. The average molecular weight is 213 g/mol. The van der Waals surface area contributed by atoms with Gasteiger partial charge in [0, 0.05) is 5.56 Å². The zero-order valence-corrected chi connectivity index (χ0v) is 8.49. The van der Waals surface area contributed by atoms with Gasteiger partial charge in [-0.3, -0.25) is 0 Å². The van der Waals surface area contributed by atoms with Gasteiger partial charge in [0.2, 0.25) is 0 Å².